The molecule has 0 radical (unpaired) electrons. The molecule has 0 amide bonds. The number of furan rings is 1. The van der Waals surface area contributed by atoms with Gasteiger partial charge in [-0.25, -0.2) is 9.97 Å². The summed E-state index contributed by atoms with van der Waals surface area (Å²) in [7, 11) is 0. The molecule has 1 N–H and O–H groups in total. The van der Waals surface area contributed by atoms with E-state index >= 15 is 0 Å². The third-order valence-corrected chi connectivity index (χ3v) is 1.80. The lowest BCUT2D eigenvalue weighted by atomic mass is 10.4. The van der Waals surface area contributed by atoms with Crippen LogP contribution < -0.4 is 5.32 Å². The molecule has 0 bridgehead atoms. The number of rotatable bonds is 3. The maximum Gasteiger partial charge on any atom is 0.223 e. The predicted octanol–water partition coefficient (Wildman–Crippen LogP) is 1.99. The normalized spacial score (nSPS) is 10.1. The minimum atomic E-state index is 0.608. The van der Waals surface area contributed by atoms with Gasteiger partial charge in [0, 0.05) is 11.9 Å². The van der Waals surface area contributed by atoms with E-state index in [1.54, 1.807) is 12.5 Å². The molecule has 4 nitrogen and oxygen atoms in total. The van der Waals surface area contributed by atoms with Crippen molar-refractivity contribution in [3.63, 3.8) is 0 Å². The van der Waals surface area contributed by atoms with E-state index in [4.69, 9.17) is 4.42 Å². The van der Waals surface area contributed by atoms with Crippen LogP contribution in [0.2, 0.25) is 0 Å². The van der Waals surface area contributed by atoms with E-state index in [1.165, 1.54) is 0 Å². The molecule has 2 aromatic rings. The molecule has 4 heteroatoms. The first kappa shape index (κ1) is 8.74. The minimum absolute atomic E-state index is 0.608. The maximum atomic E-state index is 5.17. The van der Waals surface area contributed by atoms with E-state index in [0.717, 1.165) is 11.5 Å². The quantitative estimate of drug-likeness (QED) is 0.802. The van der Waals surface area contributed by atoms with Crippen LogP contribution in [-0.4, -0.2) is 9.97 Å². The number of anilines is 1. The van der Waals surface area contributed by atoms with Crippen molar-refractivity contribution in [3.8, 4) is 0 Å². The molecular formula is C10H11N3O. The van der Waals surface area contributed by atoms with E-state index in [9.17, 15) is 0 Å². The van der Waals surface area contributed by atoms with Gasteiger partial charge in [-0.2, -0.15) is 0 Å². The average molecular weight is 189 g/mol. The van der Waals surface area contributed by atoms with Crippen molar-refractivity contribution in [3.05, 3.63) is 42.1 Å². The van der Waals surface area contributed by atoms with Crippen molar-refractivity contribution in [1.29, 1.82) is 0 Å². The smallest absolute Gasteiger partial charge is 0.223 e. The van der Waals surface area contributed by atoms with Crippen molar-refractivity contribution in [2.75, 3.05) is 5.32 Å². The second-order valence-electron chi connectivity index (χ2n) is 2.95. The van der Waals surface area contributed by atoms with Crippen LogP contribution in [0.5, 0.6) is 0 Å². The summed E-state index contributed by atoms with van der Waals surface area (Å²) in [5.74, 6) is 1.50. The first-order chi connectivity index (χ1) is 6.84. The molecule has 2 heterocycles. The van der Waals surface area contributed by atoms with Crippen LogP contribution in [0.4, 0.5) is 5.95 Å². The first-order valence-corrected chi connectivity index (χ1v) is 4.40. The number of hydrogen-bond acceptors (Lipinski definition) is 4. The Morgan fingerprint density at radius 1 is 1.43 bits per heavy atom. The van der Waals surface area contributed by atoms with Crippen LogP contribution in [0.3, 0.4) is 0 Å². The van der Waals surface area contributed by atoms with Crippen LogP contribution in [0.1, 0.15) is 11.5 Å². The molecule has 2 aromatic heterocycles. The maximum absolute atomic E-state index is 5.17. The zero-order valence-electron chi connectivity index (χ0n) is 7.90. The summed E-state index contributed by atoms with van der Waals surface area (Å²) >= 11 is 0. The Morgan fingerprint density at radius 3 is 3.07 bits per heavy atom. The van der Waals surface area contributed by atoms with Gasteiger partial charge in [0.05, 0.1) is 12.8 Å². The topological polar surface area (TPSA) is 51.0 Å². The number of nitrogens with one attached hydrogen (secondary N) is 1. The van der Waals surface area contributed by atoms with Crippen LogP contribution in [-0.2, 0) is 6.54 Å². The zero-order valence-corrected chi connectivity index (χ0v) is 7.90. The lowest BCUT2D eigenvalue weighted by Gasteiger charge is -2.02. The fourth-order valence-electron chi connectivity index (χ4n) is 1.11. The highest BCUT2D eigenvalue weighted by Gasteiger charge is 1.97. The standard InChI is InChI=1S/C10H11N3O/c1-8-4-5-11-10(13-8)12-7-9-3-2-6-14-9/h2-6H,7H2,1H3,(H,11,12,13). The zero-order chi connectivity index (χ0) is 9.80. The van der Waals surface area contributed by atoms with Crippen LogP contribution >= 0.6 is 0 Å². The number of aromatic nitrogens is 2. The lowest BCUT2D eigenvalue weighted by molar-refractivity contribution is 0.517. The van der Waals surface area contributed by atoms with Gasteiger partial charge in [0.25, 0.3) is 0 Å². The van der Waals surface area contributed by atoms with E-state index in [-0.39, 0.29) is 0 Å². The molecule has 0 fully saturated rings. The van der Waals surface area contributed by atoms with Gasteiger partial charge in [-0.15, -0.1) is 0 Å². The van der Waals surface area contributed by atoms with Gasteiger partial charge < -0.3 is 9.73 Å². The fourth-order valence-corrected chi connectivity index (χ4v) is 1.11. The largest absolute Gasteiger partial charge is 0.467 e. The highest BCUT2D eigenvalue weighted by Crippen LogP contribution is 2.04. The number of aryl methyl sites for hydroxylation is 1. The molecule has 0 saturated heterocycles. The Balaban J connectivity index is 1.98. The summed E-state index contributed by atoms with van der Waals surface area (Å²) in [6.45, 7) is 2.54. The fraction of sp³-hybridized carbons (Fsp3) is 0.200. The van der Waals surface area contributed by atoms with Gasteiger partial charge in [-0.3, -0.25) is 0 Å². The lowest BCUT2D eigenvalue weighted by Crippen LogP contribution is -2.02. The van der Waals surface area contributed by atoms with Crippen molar-refractivity contribution >= 4 is 5.95 Å². The Hall–Kier alpha value is -1.84. The first-order valence-electron chi connectivity index (χ1n) is 4.40. The molecule has 14 heavy (non-hydrogen) atoms. The van der Waals surface area contributed by atoms with Crippen LogP contribution in [0.25, 0.3) is 0 Å². The summed E-state index contributed by atoms with van der Waals surface area (Å²) in [5, 5.41) is 3.07. The summed E-state index contributed by atoms with van der Waals surface area (Å²) in [6, 6.07) is 5.62. The predicted molar refractivity (Wildman–Crippen MR) is 52.8 cm³/mol. The third-order valence-electron chi connectivity index (χ3n) is 1.80. The Morgan fingerprint density at radius 2 is 2.36 bits per heavy atom. The molecule has 72 valence electrons. The van der Waals surface area contributed by atoms with E-state index in [0.29, 0.717) is 12.5 Å². The summed E-state index contributed by atoms with van der Waals surface area (Å²) in [4.78, 5) is 8.28. The molecule has 0 aliphatic carbocycles. The Labute approximate surface area is 82.0 Å². The van der Waals surface area contributed by atoms with Crippen molar-refractivity contribution in [1.82, 2.24) is 9.97 Å². The summed E-state index contributed by atoms with van der Waals surface area (Å²) in [5.41, 5.74) is 0.946. The summed E-state index contributed by atoms with van der Waals surface area (Å²) in [6.07, 6.45) is 3.38. The SMILES string of the molecule is Cc1ccnc(NCc2ccco2)n1. The van der Waals surface area contributed by atoms with Gasteiger partial charge in [0.2, 0.25) is 5.95 Å². The van der Waals surface area contributed by atoms with Gasteiger partial charge in [-0.05, 0) is 25.1 Å². The monoisotopic (exact) mass is 189 g/mol. The van der Waals surface area contributed by atoms with Gasteiger partial charge >= 0.3 is 0 Å². The Bertz CT molecular complexity index is 398. The Kier molecular flexibility index (Phi) is 2.44. The molecule has 0 aliphatic rings. The molecule has 0 aliphatic heterocycles. The molecule has 0 atom stereocenters. The average Bonchev–Trinajstić information content (AvgIpc) is 2.67. The van der Waals surface area contributed by atoms with E-state index in [1.807, 2.05) is 25.1 Å². The third kappa shape index (κ3) is 2.10. The van der Waals surface area contributed by atoms with Crippen molar-refractivity contribution in [2.24, 2.45) is 0 Å². The molecule has 2 rings (SSSR count). The van der Waals surface area contributed by atoms with Crippen molar-refractivity contribution in [2.45, 2.75) is 13.5 Å². The minimum Gasteiger partial charge on any atom is -0.467 e. The van der Waals surface area contributed by atoms with E-state index in [2.05, 4.69) is 15.3 Å². The second-order valence-corrected chi connectivity index (χ2v) is 2.95. The highest BCUT2D eigenvalue weighted by molar-refractivity contribution is 5.25. The number of hydrogen-bond donors (Lipinski definition) is 1. The van der Waals surface area contributed by atoms with Crippen LogP contribution in [0, 0.1) is 6.92 Å². The van der Waals surface area contributed by atoms with E-state index < -0.39 is 0 Å². The molecule has 0 saturated carbocycles. The molecule has 0 unspecified atom stereocenters. The van der Waals surface area contributed by atoms with Gasteiger partial charge in [0.15, 0.2) is 0 Å². The highest BCUT2D eigenvalue weighted by atomic mass is 16.3. The second kappa shape index (κ2) is 3.91. The van der Waals surface area contributed by atoms with Gasteiger partial charge in [0.1, 0.15) is 5.76 Å². The molecular weight excluding hydrogens is 178 g/mol. The molecule has 0 spiro atoms. The van der Waals surface area contributed by atoms with Crippen LogP contribution in [0.15, 0.2) is 35.1 Å². The molecule has 0 aromatic carbocycles. The number of nitrogens with zero attached hydrogens (tertiary/aromatic N) is 2. The van der Waals surface area contributed by atoms with Crippen molar-refractivity contribution < 1.29 is 4.42 Å². The van der Waals surface area contributed by atoms with Gasteiger partial charge in [-0.1, -0.05) is 0 Å². The summed E-state index contributed by atoms with van der Waals surface area (Å²) < 4.78 is 5.17.